The minimum atomic E-state index is -0.0326. The molecule has 0 fully saturated rings. The highest BCUT2D eigenvalue weighted by molar-refractivity contribution is 7.73. The fourth-order valence-electron chi connectivity index (χ4n) is 1.41. The Morgan fingerprint density at radius 2 is 2.47 bits per heavy atom. The molecule has 0 aliphatic heterocycles. The van der Waals surface area contributed by atoms with Crippen LogP contribution in [-0.4, -0.2) is 10.9 Å². The number of aryl methyl sites for hydroxylation is 1. The zero-order chi connectivity index (χ0) is 12.3. The second kappa shape index (κ2) is 5.29. The SMILES string of the molecule is Cc1[nH]c(=S)sc1CC(=O)NCc1ccco1. The van der Waals surface area contributed by atoms with Crippen LogP contribution >= 0.6 is 23.6 Å². The summed E-state index contributed by atoms with van der Waals surface area (Å²) in [7, 11) is 0. The fourth-order valence-corrected chi connectivity index (χ4v) is 2.70. The minimum Gasteiger partial charge on any atom is -0.467 e. The average Bonchev–Trinajstić information content (AvgIpc) is 2.87. The summed E-state index contributed by atoms with van der Waals surface area (Å²) in [5, 5.41) is 2.80. The third kappa shape index (κ3) is 3.28. The van der Waals surface area contributed by atoms with Gasteiger partial charge in [0, 0.05) is 10.6 Å². The molecule has 0 aliphatic rings. The molecular weight excluding hydrogens is 256 g/mol. The highest BCUT2D eigenvalue weighted by Gasteiger charge is 2.08. The third-order valence-corrected chi connectivity index (χ3v) is 3.62. The maximum atomic E-state index is 11.7. The molecule has 90 valence electrons. The van der Waals surface area contributed by atoms with E-state index >= 15 is 0 Å². The first-order valence-electron chi connectivity index (χ1n) is 5.13. The molecule has 2 aromatic heterocycles. The molecule has 2 aromatic rings. The van der Waals surface area contributed by atoms with Gasteiger partial charge >= 0.3 is 0 Å². The van der Waals surface area contributed by atoms with E-state index < -0.39 is 0 Å². The summed E-state index contributed by atoms with van der Waals surface area (Å²) in [6, 6.07) is 3.62. The molecule has 2 heterocycles. The molecule has 0 bridgehead atoms. The Balaban J connectivity index is 1.89. The predicted molar refractivity (Wildman–Crippen MR) is 68.5 cm³/mol. The zero-order valence-electron chi connectivity index (χ0n) is 9.28. The number of hydrogen-bond donors (Lipinski definition) is 2. The van der Waals surface area contributed by atoms with E-state index in [0.29, 0.717) is 16.9 Å². The molecule has 0 saturated carbocycles. The third-order valence-electron chi connectivity index (χ3n) is 2.28. The standard InChI is InChI=1S/C11H12N2O2S2/c1-7-9(17-11(16)13-7)5-10(14)12-6-8-3-2-4-15-8/h2-4H,5-6H2,1H3,(H,12,14)(H,13,16). The number of hydrogen-bond acceptors (Lipinski definition) is 4. The first kappa shape index (κ1) is 12.1. The van der Waals surface area contributed by atoms with Gasteiger partial charge in [0.15, 0.2) is 3.95 Å². The van der Waals surface area contributed by atoms with Gasteiger partial charge in [0.05, 0.1) is 19.2 Å². The Kier molecular flexibility index (Phi) is 3.75. The van der Waals surface area contributed by atoms with Crippen molar-refractivity contribution >= 4 is 29.5 Å². The summed E-state index contributed by atoms with van der Waals surface area (Å²) >= 11 is 6.46. The maximum Gasteiger partial charge on any atom is 0.225 e. The van der Waals surface area contributed by atoms with Crippen LogP contribution in [0.5, 0.6) is 0 Å². The Labute approximate surface area is 108 Å². The average molecular weight is 268 g/mol. The Morgan fingerprint density at radius 1 is 1.65 bits per heavy atom. The van der Waals surface area contributed by atoms with Crippen molar-refractivity contribution in [1.29, 1.82) is 0 Å². The second-order valence-corrected chi connectivity index (χ2v) is 5.37. The smallest absolute Gasteiger partial charge is 0.225 e. The molecule has 17 heavy (non-hydrogen) atoms. The largest absolute Gasteiger partial charge is 0.467 e. The molecule has 0 aliphatic carbocycles. The van der Waals surface area contributed by atoms with Gasteiger partial charge in [-0.15, -0.1) is 11.3 Å². The van der Waals surface area contributed by atoms with Crippen molar-refractivity contribution in [3.05, 3.63) is 38.7 Å². The molecule has 0 radical (unpaired) electrons. The van der Waals surface area contributed by atoms with E-state index in [9.17, 15) is 4.79 Å². The molecule has 1 amide bonds. The van der Waals surface area contributed by atoms with Gasteiger partial charge in [-0.3, -0.25) is 4.79 Å². The Morgan fingerprint density at radius 3 is 3.06 bits per heavy atom. The summed E-state index contributed by atoms with van der Waals surface area (Å²) in [4.78, 5) is 15.7. The van der Waals surface area contributed by atoms with Gasteiger partial charge < -0.3 is 14.7 Å². The van der Waals surface area contributed by atoms with Crippen LogP contribution in [0.1, 0.15) is 16.3 Å². The first-order valence-corrected chi connectivity index (χ1v) is 6.35. The molecule has 0 spiro atoms. The van der Waals surface area contributed by atoms with E-state index in [2.05, 4.69) is 10.3 Å². The zero-order valence-corrected chi connectivity index (χ0v) is 10.9. The van der Waals surface area contributed by atoms with Gasteiger partial charge in [-0.25, -0.2) is 0 Å². The van der Waals surface area contributed by atoms with Crippen molar-refractivity contribution in [3.8, 4) is 0 Å². The lowest BCUT2D eigenvalue weighted by molar-refractivity contribution is -0.120. The van der Waals surface area contributed by atoms with Gasteiger partial charge in [-0.05, 0) is 31.3 Å². The van der Waals surface area contributed by atoms with Crippen LogP contribution in [0.3, 0.4) is 0 Å². The van der Waals surface area contributed by atoms with Crippen molar-refractivity contribution in [2.75, 3.05) is 0 Å². The van der Waals surface area contributed by atoms with Gasteiger partial charge in [-0.1, -0.05) is 0 Å². The monoisotopic (exact) mass is 268 g/mol. The Hall–Kier alpha value is -1.40. The molecule has 2 N–H and O–H groups in total. The van der Waals surface area contributed by atoms with E-state index in [1.807, 2.05) is 13.0 Å². The summed E-state index contributed by atoms with van der Waals surface area (Å²) in [5.41, 5.74) is 0.966. The number of aromatic amines is 1. The quantitative estimate of drug-likeness (QED) is 0.838. The summed E-state index contributed by atoms with van der Waals surface area (Å²) in [6.45, 7) is 2.34. The number of H-pyrrole nitrogens is 1. The van der Waals surface area contributed by atoms with Crippen LogP contribution in [0.25, 0.3) is 0 Å². The van der Waals surface area contributed by atoms with Crippen LogP contribution < -0.4 is 5.32 Å². The number of amides is 1. The Bertz CT molecular complexity index is 554. The predicted octanol–water partition coefficient (Wildman–Crippen LogP) is 2.57. The van der Waals surface area contributed by atoms with Crippen LogP contribution in [0.4, 0.5) is 0 Å². The molecule has 0 aromatic carbocycles. The number of thiazole rings is 1. The lowest BCUT2D eigenvalue weighted by Gasteiger charge is -2.02. The maximum absolute atomic E-state index is 11.7. The van der Waals surface area contributed by atoms with Crippen molar-refractivity contribution < 1.29 is 9.21 Å². The number of nitrogens with one attached hydrogen (secondary N) is 2. The second-order valence-electron chi connectivity index (χ2n) is 3.60. The topological polar surface area (TPSA) is 58.0 Å². The lowest BCUT2D eigenvalue weighted by atomic mass is 10.3. The molecule has 6 heteroatoms. The normalized spacial score (nSPS) is 10.4. The molecule has 4 nitrogen and oxygen atoms in total. The van der Waals surface area contributed by atoms with Crippen molar-refractivity contribution in [2.45, 2.75) is 19.9 Å². The van der Waals surface area contributed by atoms with Crippen LogP contribution in [0.15, 0.2) is 22.8 Å². The highest BCUT2D eigenvalue weighted by Crippen LogP contribution is 2.14. The van der Waals surface area contributed by atoms with Crippen LogP contribution in [0.2, 0.25) is 0 Å². The van der Waals surface area contributed by atoms with Crippen molar-refractivity contribution in [3.63, 3.8) is 0 Å². The summed E-state index contributed by atoms with van der Waals surface area (Å²) in [5.74, 6) is 0.714. The number of carbonyl (C=O) groups excluding carboxylic acids is 1. The molecule has 0 unspecified atom stereocenters. The number of aromatic nitrogens is 1. The van der Waals surface area contributed by atoms with Crippen molar-refractivity contribution in [1.82, 2.24) is 10.3 Å². The highest BCUT2D eigenvalue weighted by atomic mass is 32.1. The number of rotatable bonds is 4. The lowest BCUT2D eigenvalue weighted by Crippen LogP contribution is -2.24. The van der Waals surface area contributed by atoms with E-state index in [0.717, 1.165) is 16.3 Å². The number of carbonyl (C=O) groups is 1. The van der Waals surface area contributed by atoms with E-state index in [4.69, 9.17) is 16.6 Å². The van der Waals surface area contributed by atoms with Gasteiger partial charge in [0.1, 0.15) is 5.76 Å². The van der Waals surface area contributed by atoms with Crippen LogP contribution in [0, 0.1) is 10.9 Å². The molecule has 0 saturated heterocycles. The van der Waals surface area contributed by atoms with Crippen molar-refractivity contribution in [2.24, 2.45) is 0 Å². The van der Waals surface area contributed by atoms with Crippen LogP contribution in [-0.2, 0) is 17.8 Å². The van der Waals surface area contributed by atoms with Gasteiger partial charge in [0.2, 0.25) is 5.91 Å². The van der Waals surface area contributed by atoms with E-state index in [-0.39, 0.29) is 5.91 Å². The molecule has 2 rings (SSSR count). The fraction of sp³-hybridized carbons (Fsp3) is 0.273. The summed E-state index contributed by atoms with van der Waals surface area (Å²) < 4.78 is 5.83. The minimum absolute atomic E-state index is 0.0326. The summed E-state index contributed by atoms with van der Waals surface area (Å²) in [6.07, 6.45) is 1.94. The van der Waals surface area contributed by atoms with Gasteiger partial charge in [0.25, 0.3) is 0 Å². The van der Waals surface area contributed by atoms with E-state index in [1.54, 1.807) is 12.3 Å². The van der Waals surface area contributed by atoms with E-state index in [1.165, 1.54) is 11.3 Å². The van der Waals surface area contributed by atoms with Gasteiger partial charge in [-0.2, -0.15) is 0 Å². The molecular formula is C11H12N2O2S2. The number of furan rings is 1. The molecule has 0 atom stereocenters. The first-order chi connectivity index (χ1) is 8.15.